The van der Waals surface area contributed by atoms with Crippen molar-refractivity contribution in [2.24, 2.45) is 0 Å². The Hall–Kier alpha value is -2.05. The molecule has 2 heterocycles. The molecule has 0 aliphatic rings. The number of benzene rings is 1. The van der Waals surface area contributed by atoms with Crippen molar-refractivity contribution in [3.8, 4) is 0 Å². The molecule has 0 fully saturated rings. The molecule has 0 saturated heterocycles. The van der Waals surface area contributed by atoms with Crippen LogP contribution in [0.15, 0.2) is 45.5 Å². The average Bonchev–Trinajstić information content (AvgIpc) is 2.94. The molecular weight excluding hydrogens is 385 g/mol. The molecule has 3 aromatic rings. The van der Waals surface area contributed by atoms with Crippen LogP contribution in [0, 0.1) is 5.82 Å². The Labute approximate surface area is 145 Å². The molecule has 0 spiro atoms. The molecule has 7 heteroatoms. The number of nitrogens with zero attached hydrogens (tertiary/aromatic N) is 3. The van der Waals surface area contributed by atoms with Crippen molar-refractivity contribution in [3.05, 3.63) is 74.9 Å². The number of pyridine rings is 1. The molecule has 23 heavy (non-hydrogen) atoms. The van der Waals surface area contributed by atoms with Gasteiger partial charge in [-0.05, 0) is 51.3 Å². The van der Waals surface area contributed by atoms with Crippen molar-refractivity contribution in [2.75, 3.05) is 0 Å². The lowest BCUT2D eigenvalue weighted by Crippen LogP contribution is -1.89. The van der Waals surface area contributed by atoms with Crippen LogP contribution in [0.5, 0.6) is 0 Å². The Morgan fingerprint density at radius 1 is 1.17 bits per heavy atom. The van der Waals surface area contributed by atoms with Crippen molar-refractivity contribution < 1.29 is 8.81 Å². The minimum atomic E-state index is -0.380. The number of hydrogen-bond acceptors (Lipinski definition) is 4. The van der Waals surface area contributed by atoms with Gasteiger partial charge in [-0.3, -0.25) is 4.98 Å². The third kappa shape index (κ3) is 4.24. The van der Waals surface area contributed by atoms with E-state index in [1.807, 2.05) is 6.07 Å². The monoisotopic (exact) mass is 393 g/mol. The zero-order valence-corrected chi connectivity index (χ0v) is 14.1. The molecule has 0 bridgehead atoms. The lowest BCUT2D eigenvalue weighted by Gasteiger charge is -1.97. The van der Waals surface area contributed by atoms with Crippen LogP contribution in [0.2, 0.25) is 5.02 Å². The summed E-state index contributed by atoms with van der Waals surface area (Å²) < 4.78 is 19.4. The first-order valence-corrected chi connectivity index (χ1v) is 7.82. The van der Waals surface area contributed by atoms with E-state index in [1.54, 1.807) is 30.6 Å². The highest BCUT2D eigenvalue weighted by molar-refractivity contribution is 9.10. The van der Waals surface area contributed by atoms with Gasteiger partial charge in [0, 0.05) is 22.9 Å². The van der Waals surface area contributed by atoms with E-state index in [0.717, 1.165) is 10.0 Å². The summed E-state index contributed by atoms with van der Waals surface area (Å²) in [6.07, 6.45) is 7.26. The second kappa shape index (κ2) is 7.02. The first kappa shape index (κ1) is 15.8. The number of aromatic nitrogens is 3. The summed E-state index contributed by atoms with van der Waals surface area (Å²) in [6, 6.07) is 6.11. The summed E-state index contributed by atoms with van der Waals surface area (Å²) in [7, 11) is 0. The number of rotatable bonds is 4. The molecule has 3 rings (SSSR count). The van der Waals surface area contributed by atoms with Crippen LogP contribution in [0.4, 0.5) is 4.39 Å². The van der Waals surface area contributed by atoms with E-state index in [9.17, 15) is 4.39 Å². The van der Waals surface area contributed by atoms with Crippen LogP contribution in [0.25, 0.3) is 12.2 Å². The minimum Gasteiger partial charge on any atom is -0.421 e. The van der Waals surface area contributed by atoms with E-state index in [4.69, 9.17) is 16.0 Å². The Morgan fingerprint density at radius 2 is 2.04 bits per heavy atom. The SMILES string of the molecule is Fc1ccc(/C=C/c2nnc(Cc3cncc(Br)c3)o2)c(Cl)c1. The van der Waals surface area contributed by atoms with Crippen molar-refractivity contribution in [3.63, 3.8) is 0 Å². The first-order chi connectivity index (χ1) is 11.1. The first-order valence-electron chi connectivity index (χ1n) is 6.65. The predicted molar refractivity (Wildman–Crippen MR) is 89.4 cm³/mol. The minimum absolute atomic E-state index is 0.321. The van der Waals surface area contributed by atoms with E-state index in [-0.39, 0.29) is 5.82 Å². The molecule has 0 N–H and O–H groups in total. The Morgan fingerprint density at radius 3 is 2.83 bits per heavy atom. The lowest BCUT2D eigenvalue weighted by atomic mass is 10.2. The van der Waals surface area contributed by atoms with Gasteiger partial charge in [-0.25, -0.2) is 4.39 Å². The number of halogens is 3. The summed E-state index contributed by atoms with van der Waals surface area (Å²) in [5.41, 5.74) is 1.63. The standard InChI is InChI=1S/C16H10BrClFN3O/c17-12-5-10(8-20-9-12)6-16-22-21-15(23-16)4-2-11-1-3-13(19)7-14(11)18/h1-5,7-9H,6H2/b4-2+. The summed E-state index contributed by atoms with van der Waals surface area (Å²) in [5, 5.41) is 8.25. The van der Waals surface area contributed by atoms with Gasteiger partial charge in [0.2, 0.25) is 11.8 Å². The van der Waals surface area contributed by atoms with E-state index < -0.39 is 0 Å². The predicted octanol–water partition coefficient (Wildman–Crippen LogP) is 4.78. The summed E-state index contributed by atoms with van der Waals surface area (Å²) in [4.78, 5) is 4.08. The van der Waals surface area contributed by atoms with Crippen LogP contribution >= 0.6 is 27.5 Å². The van der Waals surface area contributed by atoms with Gasteiger partial charge in [-0.1, -0.05) is 17.7 Å². The van der Waals surface area contributed by atoms with Crippen molar-refractivity contribution in [1.29, 1.82) is 0 Å². The maximum absolute atomic E-state index is 13.0. The van der Waals surface area contributed by atoms with Crippen molar-refractivity contribution in [1.82, 2.24) is 15.2 Å². The van der Waals surface area contributed by atoms with Gasteiger partial charge in [0.1, 0.15) is 5.82 Å². The topological polar surface area (TPSA) is 51.8 Å². The average molecular weight is 395 g/mol. The molecule has 4 nitrogen and oxygen atoms in total. The fourth-order valence-electron chi connectivity index (χ4n) is 1.93. The van der Waals surface area contributed by atoms with E-state index >= 15 is 0 Å². The zero-order chi connectivity index (χ0) is 16.2. The van der Waals surface area contributed by atoms with Crippen LogP contribution < -0.4 is 0 Å². The second-order valence-electron chi connectivity index (χ2n) is 4.72. The highest BCUT2D eigenvalue weighted by Gasteiger charge is 2.06. The van der Waals surface area contributed by atoms with Gasteiger partial charge in [-0.2, -0.15) is 0 Å². The van der Waals surface area contributed by atoms with E-state index in [0.29, 0.717) is 28.8 Å². The van der Waals surface area contributed by atoms with Crippen LogP contribution in [0.1, 0.15) is 22.9 Å². The van der Waals surface area contributed by atoms with Gasteiger partial charge in [0.25, 0.3) is 0 Å². The highest BCUT2D eigenvalue weighted by atomic mass is 79.9. The number of hydrogen-bond donors (Lipinski definition) is 0. The third-order valence-electron chi connectivity index (χ3n) is 2.97. The fraction of sp³-hybridized carbons (Fsp3) is 0.0625. The molecule has 116 valence electrons. The molecule has 0 atom stereocenters. The van der Waals surface area contributed by atoms with Gasteiger partial charge in [0.05, 0.1) is 11.4 Å². The van der Waals surface area contributed by atoms with Crippen molar-refractivity contribution in [2.45, 2.75) is 6.42 Å². The smallest absolute Gasteiger partial charge is 0.240 e. The lowest BCUT2D eigenvalue weighted by molar-refractivity contribution is 0.496. The molecular formula is C16H10BrClFN3O. The van der Waals surface area contributed by atoms with Crippen LogP contribution in [-0.4, -0.2) is 15.2 Å². The van der Waals surface area contributed by atoms with Crippen molar-refractivity contribution >= 4 is 39.7 Å². The maximum Gasteiger partial charge on any atom is 0.240 e. The summed E-state index contributed by atoms with van der Waals surface area (Å²) >= 11 is 9.32. The van der Waals surface area contributed by atoms with Crippen LogP contribution in [-0.2, 0) is 6.42 Å². The Bertz CT molecular complexity index is 866. The quantitative estimate of drug-likeness (QED) is 0.639. The van der Waals surface area contributed by atoms with Gasteiger partial charge < -0.3 is 4.42 Å². The Kier molecular flexibility index (Phi) is 4.83. The maximum atomic E-state index is 13.0. The largest absolute Gasteiger partial charge is 0.421 e. The molecule has 0 radical (unpaired) electrons. The van der Waals surface area contributed by atoms with E-state index in [1.165, 1.54) is 12.1 Å². The summed E-state index contributed by atoms with van der Waals surface area (Å²) in [5.74, 6) is 0.452. The molecule has 0 aliphatic carbocycles. The molecule has 0 saturated carbocycles. The van der Waals surface area contributed by atoms with Gasteiger partial charge >= 0.3 is 0 Å². The molecule has 0 unspecified atom stereocenters. The second-order valence-corrected chi connectivity index (χ2v) is 6.04. The summed E-state index contributed by atoms with van der Waals surface area (Å²) in [6.45, 7) is 0. The fourth-order valence-corrected chi connectivity index (χ4v) is 2.57. The van der Waals surface area contributed by atoms with Gasteiger partial charge in [-0.15, -0.1) is 10.2 Å². The van der Waals surface area contributed by atoms with Gasteiger partial charge in [0.15, 0.2) is 0 Å². The third-order valence-corrected chi connectivity index (χ3v) is 3.73. The highest BCUT2D eigenvalue weighted by Crippen LogP contribution is 2.20. The molecule has 0 amide bonds. The zero-order valence-electron chi connectivity index (χ0n) is 11.7. The molecule has 0 aliphatic heterocycles. The van der Waals surface area contributed by atoms with E-state index in [2.05, 4.69) is 31.1 Å². The molecule has 1 aromatic carbocycles. The van der Waals surface area contributed by atoms with Crippen LogP contribution in [0.3, 0.4) is 0 Å². The molecule has 2 aromatic heterocycles. The normalized spacial score (nSPS) is 11.3. The Balaban J connectivity index is 1.73.